The molecule has 0 heterocycles. The largest absolute Gasteiger partial charge is 0.330 e. The average molecular weight is 201 g/mol. The first-order valence-corrected chi connectivity index (χ1v) is 2.12. The van der Waals surface area contributed by atoms with E-state index in [2.05, 4.69) is 6.92 Å². The Balaban J connectivity index is 0. The number of rotatable bonds is 2. The second-order valence-electron chi connectivity index (χ2n) is 1.14. The van der Waals surface area contributed by atoms with Crippen LogP contribution in [0.4, 0.5) is 0 Å². The van der Waals surface area contributed by atoms with Crippen molar-refractivity contribution >= 4 is 24.0 Å². The molecule has 2 N–H and O–H groups in total. The first-order valence-electron chi connectivity index (χ1n) is 2.12. The van der Waals surface area contributed by atoms with Gasteiger partial charge in [0.05, 0.1) is 0 Å². The Morgan fingerprint density at radius 1 is 1.50 bits per heavy atom. The smallest absolute Gasteiger partial charge is 0.00774 e. The molecule has 0 radical (unpaired) electrons. The van der Waals surface area contributed by atoms with Crippen LogP contribution in [0.3, 0.4) is 0 Å². The molecule has 1 nitrogen and oxygen atoms in total. The zero-order valence-electron chi connectivity index (χ0n) is 4.11. The fourth-order valence-electron chi connectivity index (χ4n) is 0.204. The van der Waals surface area contributed by atoms with Crippen LogP contribution in [0.15, 0.2) is 0 Å². The third-order valence-electron chi connectivity index (χ3n) is 0.558. The molecule has 0 aromatic carbocycles. The molecule has 2 heteroatoms. The van der Waals surface area contributed by atoms with Gasteiger partial charge in [-0.2, -0.15) is 0 Å². The highest BCUT2D eigenvalue weighted by molar-refractivity contribution is 14.0. The average Bonchev–Trinajstić information content (AvgIpc) is 1.41. The second-order valence-corrected chi connectivity index (χ2v) is 1.14. The van der Waals surface area contributed by atoms with Crippen LogP contribution in [-0.4, -0.2) is 6.54 Å². The van der Waals surface area contributed by atoms with E-state index in [1.165, 1.54) is 12.8 Å². The van der Waals surface area contributed by atoms with E-state index >= 15 is 0 Å². The summed E-state index contributed by atoms with van der Waals surface area (Å²) in [6, 6.07) is 0. The molecule has 0 saturated heterocycles. The zero-order chi connectivity index (χ0) is 4.12. The molecule has 0 bridgehead atoms. The number of halogens is 1. The zero-order valence-corrected chi connectivity index (χ0v) is 6.44. The summed E-state index contributed by atoms with van der Waals surface area (Å²) in [7, 11) is 0. The van der Waals surface area contributed by atoms with Crippen LogP contribution in [0.5, 0.6) is 0 Å². The maximum atomic E-state index is 5.14. The van der Waals surface area contributed by atoms with E-state index in [0.717, 1.165) is 6.54 Å². The van der Waals surface area contributed by atoms with Crippen molar-refractivity contribution in [3.63, 3.8) is 0 Å². The van der Waals surface area contributed by atoms with Gasteiger partial charge in [-0.1, -0.05) is 13.3 Å². The molecule has 0 rings (SSSR count). The van der Waals surface area contributed by atoms with Crippen molar-refractivity contribution in [2.45, 2.75) is 19.8 Å². The van der Waals surface area contributed by atoms with Gasteiger partial charge in [0.1, 0.15) is 0 Å². The molecule has 0 amide bonds. The highest BCUT2D eigenvalue weighted by Gasteiger charge is 1.67. The van der Waals surface area contributed by atoms with Gasteiger partial charge < -0.3 is 5.73 Å². The van der Waals surface area contributed by atoms with Crippen LogP contribution < -0.4 is 5.73 Å². The molecule has 0 fully saturated rings. The summed E-state index contributed by atoms with van der Waals surface area (Å²) in [5, 5.41) is 0. The van der Waals surface area contributed by atoms with Crippen LogP contribution in [0, 0.1) is 0 Å². The van der Waals surface area contributed by atoms with Gasteiger partial charge >= 0.3 is 0 Å². The van der Waals surface area contributed by atoms with E-state index in [-0.39, 0.29) is 24.0 Å². The molecule has 6 heavy (non-hydrogen) atoms. The van der Waals surface area contributed by atoms with Crippen LogP contribution in [-0.2, 0) is 0 Å². The summed E-state index contributed by atoms with van der Waals surface area (Å²) in [4.78, 5) is 0. The highest BCUT2D eigenvalue weighted by atomic mass is 127. The van der Waals surface area contributed by atoms with Crippen molar-refractivity contribution in [3.8, 4) is 0 Å². The van der Waals surface area contributed by atoms with Gasteiger partial charge in [0.15, 0.2) is 0 Å². The minimum absolute atomic E-state index is 0. The van der Waals surface area contributed by atoms with Crippen LogP contribution in [0.1, 0.15) is 19.8 Å². The first kappa shape index (κ1) is 9.85. The summed E-state index contributed by atoms with van der Waals surface area (Å²) >= 11 is 0. The molecule has 0 unspecified atom stereocenters. The number of hydrogen-bond donors (Lipinski definition) is 1. The fourth-order valence-corrected chi connectivity index (χ4v) is 0.204. The van der Waals surface area contributed by atoms with E-state index in [0.29, 0.717) is 0 Å². The molecule has 0 aliphatic heterocycles. The number of nitrogens with two attached hydrogens (primary N) is 1. The van der Waals surface area contributed by atoms with Crippen molar-refractivity contribution in [3.05, 3.63) is 0 Å². The van der Waals surface area contributed by atoms with Crippen LogP contribution >= 0.6 is 24.0 Å². The Bertz CT molecular complexity index is 15.0. The van der Waals surface area contributed by atoms with Crippen molar-refractivity contribution in [1.29, 1.82) is 0 Å². The van der Waals surface area contributed by atoms with E-state index in [9.17, 15) is 0 Å². The molecule has 40 valence electrons. The van der Waals surface area contributed by atoms with Gasteiger partial charge in [0.2, 0.25) is 0 Å². The standard InChI is InChI=1S/C4H11N.HI/c1-2-3-4-5;/h2-5H2,1H3;1H. The van der Waals surface area contributed by atoms with Gasteiger partial charge in [0, 0.05) is 0 Å². The maximum absolute atomic E-state index is 5.14. The van der Waals surface area contributed by atoms with Gasteiger partial charge in [-0.15, -0.1) is 24.0 Å². The van der Waals surface area contributed by atoms with Crippen LogP contribution in [0.2, 0.25) is 0 Å². The SMILES string of the molecule is CCCCN.I. The Hall–Kier alpha value is 0.690. The lowest BCUT2D eigenvalue weighted by Gasteiger charge is -1.80. The van der Waals surface area contributed by atoms with Crippen molar-refractivity contribution in [2.24, 2.45) is 5.73 Å². The molecular formula is C4H12IN. The number of unbranched alkanes of at least 4 members (excludes halogenated alkanes) is 1. The number of hydrogen-bond acceptors (Lipinski definition) is 1. The van der Waals surface area contributed by atoms with E-state index in [1.807, 2.05) is 0 Å². The van der Waals surface area contributed by atoms with Crippen LogP contribution in [0.25, 0.3) is 0 Å². The van der Waals surface area contributed by atoms with E-state index in [1.54, 1.807) is 0 Å². The topological polar surface area (TPSA) is 26.0 Å². The quantitative estimate of drug-likeness (QED) is 0.670. The second kappa shape index (κ2) is 9.19. The van der Waals surface area contributed by atoms with Crippen molar-refractivity contribution in [1.82, 2.24) is 0 Å². The molecule has 0 aromatic heterocycles. The minimum atomic E-state index is 0. The van der Waals surface area contributed by atoms with Crippen molar-refractivity contribution in [2.75, 3.05) is 6.54 Å². The Morgan fingerprint density at radius 2 is 2.00 bits per heavy atom. The maximum Gasteiger partial charge on any atom is -0.00774 e. The third-order valence-corrected chi connectivity index (χ3v) is 0.558. The summed E-state index contributed by atoms with van der Waals surface area (Å²) in [6.07, 6.45) is 2.39. The predicted molar refractivity (Wildman–Crippen MR) is 39.4 cm³/mol. The fraction of sp³-hybridized carbons (Fsp3) is 1.00. The minimum Gasteiger partial charge on any atom is -0.330 e. The lowest BCUT2D eigenvalue weighted by atomic mass is 10.3. The molecular weight excluding hydrogens is 189 g/mol. The van der Waals surface area contributed by atoms with Gasteiger partial charge in [-0.05, 0) is 13.0 Å². The molecule has 0 atom stereocenters. The Morgan fingerprint density at radius 3 is 2.00 bits per heavy atom. The third kappa shape index (κ3) is 8.83. The lowest BCUT2D eigenvalue weighted by Crippen LogP contribution is -1.95. The molecule has 0 aromatic rings. The first-order chi connectivity index (χ1) is 2.41. The Labute approximate surface area is 56.3 Å². The summed E-state index contributed by atoms with van der Waals surface area (Å²) in [5.41, 5.74) is 5.14. The summed E-state index contributed by atoms with van der Waals surface area (Å²) in [6.45, 7) is 2.98. The van der Waals surface area contributed by atoms with E-state index < -0.39 is 0 Å². The van der Waals surface area contributed by atoms with Crippen molar-refractivity contribution < 1.29 is 0 Å². The summed E-state index contributed by atoms with van der Waals surface area (Å²) < 4.78 is 0. The molecule has 0 aliphatic rings. The van der Waals surface area contributed by atoms with Gasteiger partial charge in [0.25, 0.3) is 0 Å². The molecule has 0 saturated carbocycles. The van der Waals surface area contributed by atoms with Gasteiger partial charge in [-0.25, -0.2) is 0 Å². The summed E-state index contributed by atoms with van der Waals surface area (Å²) in [5.74, 6) is 0. The highest BCUT2D eigenvalue weighted by Crippen LogP contribution is 1.77. The van der Waals surface area contributed by atoms with Gasteiger partial charge in [-0.3, -0.25) is 0 Å². The molecule has 0 aliphatic carbocycles. The predicted octanol–water partition coefficient (Wildman–Crippen LogP) is 1.36. The molecule has 0 spiro atoms. The van der Waals surface area contributed by atoms with E-state index in [4.69, 9.17) is 5.73 Å². The monoisotopic (exact) mass is 201 g/mol. The lowest BCUT2D eigenvalue weighted by molar-refractivity contribution is 0.807. The Kier molecular flexibility index (Phi) is 15.1. The normalized spacial score (nSPS) is 7.00.